The molecule has 0 aliphatic rings. The molecule has 3 nitrogen and oxygen atoms in total. The normalized spacial score (nSPS) is 12.9. The number of allylic oxidation sites excluding steroid dienone is 1. The van der Waals surface area contributed by atoms with Gasteiger partial charge in [-0.05, 0) is 65.8 Å². The molecule has 0 radical (unpaired) electrons. The third-order valence-electron chi connectivity index (χ3n) is 4.71. The lowest BCUT2D eigenvalue weighted by atomic mass is 9.85. The molecule has 3 heteroatoms. The van der Waals surface area contributed by atoms with Crippen molar-refractivity contribution >= 4 is 22.3 Å². The zero-order chi connectivity index (χ0) is 18.4. The Hall–Kier alpha value is -2.29. The number of esters is 1. The maximum absolute atomic E-state index is 12.1. The molecule has 0 bridgehead atoms. The summed E-state index contributed by atoms with van der Waals surface area (Å²) in [5, 5.41) is 2.26. The number of carbonyl (C=O) groups is 1. The number of fused-ring (bicyclic) bond motifs is 1. The van der Waals surface area contributed by atoms with Crippen molar-refractivity contribution in [2.24, 2.45) is 0 Å². The van der Waals surface area contributed by atoms with Crippen molar-refractivity contribution in [3.8, 4) is 5.75 Å². The molecule has 1 unspecified atom stereocenters. The molecular formula is C22H28O3. The van der Waals surface area contributed by atoms with E-state index < -0.39 is 0 Å². The average Bonchev–Trinajstić information content (AvgIpc) is 2.64. The smallest absolute Gasteiger partial charge is 0.310 e. The maximum Gasteiger partial charge on any atom is 0.310 e. The van der Waals surface area contributed by atoms with Gasteiger partial charge in [0.05, 0.1) is 20.1 Å². The van der Waals surface area contributed by atoms with Crippen molar-refractivity contribution in [1.29, 1.82) is 0 Å². The molecule has 0 aliphatic heterocycles. The summed E-state index contributed by atoms with van der Waals surface area (Å²) in [4.78, 5) is 12.1. The third kappa shape index (κ3) is 4.22. The highest BCUT2D eigenvalue weighted by Gasteiger charge is 2.18. The van der Waals surface area contributed by atoms with E-state index in [-0.39, 0.29) is 5.97 Å². The second-order valence-corrected chi connectivity index (χ2v) is 6.22. The summed E-state index contributed by atoms with van der Waals surface area (Å²) in [6.07, 6.45) is 3.37. The zero-order valence-corrected chi connectivity index (χ0v) is 15.9. The standard InChI is InChI=1S/C22H28O3/c1-6-15(4)19-11-9-17-13-18(24-5)10-12-20(17)22(19)16(7-2)14-21(23)25-8-3/h7,9-13,15H,6,8,14H2,1-5H3/b16-7-. The first-order chi connectivity index (χ1) is 12.0. The summed E-state index contributed by atoms with van der Waals surface area (Å²) in [5.74, 6) is 1.07. The Morgan fingerprint density at radius 2 is 1.96 bits per heavy atom. The van der Waals surface area contributed by atoms with Crippen LogP contribution in [0, 0.1) is 0 Å². The van der Waals surface area contributed by atoms with E-state index in [9.17, 15) is 4.79 Å². The fraction of sp³-hybridized carbons (Fsp3) is 0.409. The highest BCUT2D eigenvalue weighted by Crippen LogP contribution is 2.37. The van der Waals surface area contributed by atoms with Crippen molar-refractivity contribution in [2.45, 2.75) is 46.5 Å². The van der Waals surface area contributed by atoms with Gasteiger partial charge in [0.15, 0.2) is 0 Å². The van der Waals surface area contributed by atoms with Crippen LogP contribution >= 0.6 is 0 Å². The van der Waals surface area contributed by atoms with Crippen LogP contribution in [0.3, 0.4) is 0 Å². The minimum Gasteiger partial charge on any atom is -0.497 e. The largest absolute Gasteiger partial charge is 0.497 e. The van der Waals surface area contributed by atoms with E-state index in [0.717, 1.165) is 34.1 Å². The first-order valence-electron chi connectivity index (χ1n) is 8.97. The quantitative estimate of drug-likeness (QED) is 0.605. The summed E-state index contributed by atoms with van der Waals surface area (Å²) in [6, 6.07) is 10.4. The minimum atomic E-state index is -0.184. The van der Waals surface area contributed by atoms with Gasteiger partial charge in [-0.25, -0.2) is 0 Å². The van der Waals surface area contributed by atoms with Crippen molar-refractivity contribution in [3.05, 3.63) is 47.5 Å². The van der Waals surface area contributed by atoms with Crippen LogP contribution < -0.4 is 4.74 Å². The van der Waals surface area contributed by atoms with Crippen LogP contribution in [0.1, 0.15) is 57.6 Å². The van der Waals surface area contributed by atoms with Gasteiger partial charge in [-0.15, -0.1) is 0 Å². The highest BCUT2D eigenvalue weighted by atomic mass is 16.5. The van der Waals surface area contributed by atoms with Crippen LogP contribution in [0.4, 0.5) is 0 Å². The maximum atomic E-state index is 12.1. The van der Waals surface area contributed by atoms with E-state index in [1.54, 1.807) is 7.11 Å². The Morgan fingerprint density at radius 3 is 2.56 bits per heavy atom. The van der Waals surface area contributed by atoms with Crippen LogP contribution in [0.25, 0.3) is 16.3 Å². The molecule has 0 saturated carbocycles. The average molecular weight is 340 g/mol. The Balaban J connectivity index is 2.65. The molecule has 0 saturated heterocycles. The molecule has 0 N–H and O–H groups in total. The Labute approximate surface area is 150 Å². The van der Waals surface area contributed by atoms with Gasteiger partial charge in [0.2, 0.25) is 0 Å². The molecule has 0 amide bonds. The second kappa shape index (κ2) is 8.70. The van der Waals surface area contributed by atoms with Gasteiger partial charge >= 0.3 is 5.97 Å². The van der Waals surface area contributed by atoms with E-state index in [4.69, 9.17) is 9.47 Å². The summed E-state index contributed by atoms with van der Waals surface area (Å²) < 4.78 is 10.5. The van der Waals surface area contributed by atoms with Gasteiger partial charge in [-0.2, -0.15) is 0 Å². The molecule has 0 spiro atoms. The molecular weight excluding hydrogens is 312 g/mol. The predicted octanol–water partition coefficient (Wildman–Crippen LogP) is 5.72. The van der Waals surface area contributed by atoms with E-state index in [2.05, 4.69) is 32.0 Å². The van der Waals surface area contributed by atoms with Crippen LogP contribution in [0.2, 0.25) is 0 Å². The molecule has 2 aromatic carbocycles. The zero-order valence-electron chi connectivity index (χ0n) is 15.9. The Bertz CT molecular complexity index is 774. The highest BCUT2D eigenvalue weighted by molar-refractivity contribution is 5.99. The lowest BCUT2D eigenvalue weighted by molar-refractivity contribution is -0.141. The molecule has 0 fully saturated rings. The number of hydrogen-bond donors (Lipinski definition) is 0. The summed E-state index contributed by atoms with van der Waals surface area (Å²) in [5.41, 5.74) is 3.45. The molecule has 25 heavy (non-hydrogen) atoms. The lowest BCUT2D eigenvalue weighted by Gasteiger charge is -2.20. The van der Waals surface area contributed by atoms with Gasteiger partial charge in [0, 0.05) is 0 Å². The summed E-state index contributed by atoms with van der Waals surface area (Å²) in [6.45, 7) is 8.64. The van der Waals surface area contributed by atoms with Crippen molar-refractivity contribution < 1.29 is 14.3 Å². The van der Waals surface area contributed by atoms with E-state index in [1.165, 1.54) is 5.56 Å². The van der Waals surface area contributed by atoms with E-state index in [1.807, 2.05) is 32.1 Å². The fourth-order valence-electron chi connectivity index (χ4n) is 3.14. The van der Waals surface area contributed by atoms with Crippen molar-refractivity contribution in [2.75, 3.05) is 13.7 Å². The fourth-order valence-corrected chi connectivity index (χ4v) is 3.14. The Kier molecular flexibility index (Phi) is 6.63. The van der Waals surface area contributed by atoms with Gasteiger partial charge in [0.25, 0.3) is 0 Å². The van der Waals surface area contributed by atoms with E-state index in [0.29, 0.717) is 18.9 Å². The molecule has 1 atom stereocenters. The summed E-state index contributed by atoms with van der Waals surface area (Å²) in [7, 11) is 1.67. The topological polar surface area (TPSA) is 35.5 Å². The lowest BCUT2D eigenvalue weighted by Crippen LogP contribution is -2.07. The monoisotopic (exact) mass is 340 g/mol. The van der Waals surface area contributed by atoms with E-state index >= 15 is 0 Å². The van der Waals surface area contributed by atoms with Crippen molar-refractivity contribution in [1.82, 2.24) is 0 Å². The molecule has 2 rings (SSSR count). The first-order valence-corrected chi connectivity index (χ1v) is 8.97. The molecule has 2 aromatic rings. The SMILES string of the molecule is C/C=C(/CC(=O)OCC)c1c(C(C)CC)ccc2cc(OC)ccc12. The molecule has 0 heterocycles. The molecule has 0 aliphatic carbocycles. The molecule has 134 valence electrons. The second-order valence-electron chi connectivity index (χ2n) is 6.22. The van der Waals surface area contributed by atoms with Crippen molar-refractivity contribution in [3.63, 3.8) is 0 Å². The number of methoxy groups -OCH3 is 1. The Morgan fingerprint density at radius 1 is 1.20 bits per heavy atom. The number of ether oxygens (including phenoxy) is 2. The number of carbonyl (C=O) groups excluding carboxylic acids is 1. The van der Waals surface area contributed by atoms with Gasteiger partial charge in [0.1, 0.15) is 5.75 Å². The van der Waals surface area contributed by atoms with Crippen LogP contribution in [-0.2, 0) is 9.53 Å². The number of hydrogen-bond acceptors (Lipinski definition) is 3. The minimum absolute atomic E-state index is 0.184. The first kappa shape index (κ1) is 19.0. The third-order valence-corrected chi connectivity index (χ3v) is 4.71. The molecule has 0 aromatic heterocycles. The van der Waals surface area contributed by atoms with Crippen LogP contribution in [0.15, 0.2) is 36.4 Å². The van der Waals surface area contributed by atoms with Gasteiger partial charge < -0.3 is 9.47 Å². The summed E-state index contributed by atoms with van der Waals surface area (Å²) >= 11 is 0. The van der Waals surface area contributed by atoms with Gasteiger partial charge in [-0.1, -0.05) is 38.1 Å². The van der Waals surface area contributed by atoms with Crippen LogP contribution in [-0.4, -0.2) is 19.7 Å². The van der Waals surface area contributed by atoms with Gasteiger partial charge in [-0.3, -0.25) is 4.79 Å². The van der Waals surface area contributed by atoms with Crippen LogP contribution in [0.5, 0.6) is 5.75 Å². The number of rotatable bonds is 7. The predicted molar refractivity (Wildman–Crippen MR) is 104 cm³/mol. The number of benzene rings is 2.